The standard InChI is InChI=1S/C6H10O3S/c7-6(1-2-6)5-3-10(8,9)4-5/h5,7H,1-4H2. The summed E-state index contributed by atoms with van der Waals surface area (Å²) >= 11 is 0. The highest BCUT2D eigenvalue weighted by molar-refractivity contribution is 7.92. The number of hydrogen-bond acceptors (Lipinski definition) is 3. The maximum Gasteiger partial charge on any atom is 0.151 e. The minimum Gasteiger partial charge on any atom is -0.390 e. The molecule has 0 aromatic carbocycles. The van der Waals surface area contributed by atoms with Crippen LogP contribution in [-0.4, -0.2) is 30.6 Å². The van der Waals surface area contributed by atoms with Crippen LogP contribution in [0, 0.1) is 5.92 Å². The summed E-state index contributed by atoms with van der Waals surface area (Å²) in [6, 6.07) is 0. The van der Waals surface area contributed by atoms with Gasteiger partial charge in [0.15, 0.2) is 9.84 Å². The number of sulfone groups is 1. The summed E-state index contributed by atoms with van der Waals surface area (Å²) < 4.78 is 21.3. The molecule has 4 heteroatoms. The van der Waals surface area contributed by atoms with E-state index in [2.05, 4.69) is 0 Å². The fourth-order valence-electron chi connectivity index (χ4n) is 1.41. The molecule has 0 atom stereocenters. The van der Waals surface area contributed by atoms with E-state index in [-0.39, 0.29) is 17.4 Å². The molecule has 1 N–H and O–H groups in total. The van der Waals surface area contributed by atoms with Crippen molar-refractivity contribution in [1.82, 2.24) is 0 Å². The summed E-state index contributed by atoms with van der Waals surface area (Å²) in [5.41, 5.74) is -0.578. The fourth-order valence-corrected chi connectivity index (χ4v) is 3.16. The minimum atomic E-state index is -2.73. The highest BCUT2D eigenvalue weighted by atomic mass is 32.2. The Hall–Kier alpha value is -0.0900. The van der Waals surface area contributed by atoms with Gasteiger partial charge >= 0.3 is 0 Å². The van der Waals surface area contributed by atoms with E-state index in [1.54, 1.807) is 0 Å². The molecule has 0 spiro atoms. The Morgan fingerprint density at radius 1 is 1.30 bits per heavy atom. The lowest BCUT2D eigenvalue weighted by molar-refractivity contribution is 0.0954. The minimum absolute atomic E-state index is 0.0532. The van der Waals surface area contributed by atoms with Crippen molar-refractivity contribution in [3.63, 3.8) is 0 Å². The zero-order valence-electron chi connectivity index (χ0n) is 5.58. The lowest BCUT2D eigenvalue weighted by atomic mass is 10.0. The summed E-state index contributed by atoms with van der Waals surface area (Å²) in [7, 11) is -2.73. The van der Waals surface area contributed by atoms with E-state index in [0.717, 1.165) is 12.8 Å². The molecule has 1 heterocycles. The average molecular weight is 162 g/mol. The molecule has 1 saturated carbocycles. The van der Waals surface area contributed by atoms with Gasteiger partial charge in [0.25, 0.3) is 0 Å². The summed E-state index contributed by atoms with van der Waals surface area (Å²) in [4.78, 5) is 0. The van der Waals surface area contributed by atoms with Crippen LogP contribution < -0.4 is 0 Å². The fraction of sp³-hybridized carbons (Fsp3) is 1.00. The molecule has 0 aromatic rings. The van der Waals surface area contributed by atoms with Crippen LogP contribution >= 0.6 is 0 Å². The second-order valence-electron chi connectivity index (χ2n) is 3.38. The van der Waals surface area contributed by atoms with Crippen LogP contribution in [0.5, 0.6) is 0 Å². The molecule has 10 heavy (non-hydrogen) atoms. The van der Waals surface area contributed by atoms with Crippen molar-refractivity contribution in [2.75, 3.05) is 11.5 Å². The smallest absolute Gasteiger partial charge is 0.151 e. The van der Waals surface area contributed by atoms with Crippen molar-refractivity contribution in [3.05, 3.63) is 0 Å². The van der Waals surface area contributed by atoms with Crippen LogP contribution in [-0.2, 0) is 9.84 Å². The van der Waals surface area contributed by atoms with Gasteiger partial charge in [0.1, 0.15) is 0 Å². The predicted molar refractivity (Wildman–Crippen MR) is 36.3 cm³/mol. The zero-order chi connectivity index (χ0) is 7.41. The van der Waals surface area contributed by atoms with E-state index >= 15 is 0 Å². The van der Waals surface area contributed by atoms with Crippen LogP contribution in [0.2, 0.25) is 0 Å². The second-order valence-corrected chi connectivity index (χ2v) is 5.53. The normalized spacial score (nSPS) is 34.9. The van der Waals surface area contributed by atoms with E-state index < -0.39 is 15.4 Å². The molecule has 2 fully saturated rings. The van der Waals surface area contributed by atoms with Gasteiger partial charge in [0.2, 0.25) is 0 Å². The van der Waals surface area contributed by atoms with E-state index in [1.807, 2.05) is 0 Å². The van der Waals surface area contributed by atoms with E-state index in [0.29, 0.717) is 0 Å². The Balaban J connectivity index is 2.03. The molecule has 1 aliphatic carbocycles. The zero-order valence-corrected chi connectivity index (χ0v) is 6.39. The van der Waals surface area contributed by atoms with Gasteiger partial charge in [0, 0.05) is 5.92 Å². The summed E-state index contributed by atoms with van der Waals surface area (Å²) in [5.74, 6) is 0.477. The maximum atomic E-state index is 10.7. The molecule has 0 bridgehead atoms. The molecule has 0 amide bonds. The Labute approximate surface area is 60.0 Å². The predicted octanol–water partition coefficient (Wildman–Crippen LogP) is -0.444. The summed E-state index contributed by atoms with van der Waals surface area (Å²) in [5, 5.41) is 9.42. The molecular weight excluding hydrogens is 152 g/mol. The van der Waals surface area contributed by atoms with Gasteiger partial charge in [-0.25, -0.2) is 8.42 Å². The molecule has 2 aliphatic rings. The van der Waals surface area contributed by atoms with Crippen LogP contribution in [0.3, 0.4) is 0 Å². The van der Waals surface area contributed by atoms with E-state index in [1.165, 1.54) is 0 Å². The maximum absolute atomic E-state index is 10.7. The highest BCUT2D eigenvalue weighted by Gasteiger charge is 2.54. The Bertz CT molecular complexity index is 238. The molecule has 1 saturated heterocycles. The molecule has 0 unspecified atom stereocenters. The Morgan fingerprint density at radius 2 is 1.80 bits per heavy atom. The van der Waals surface area contributed by atoms with Gasteiger partial charge in [-0.3, -0.25) is 0 Å². The lowest BCUT2D eigenvalue weighted by Gasteiger charge is -2.29. The number of aliphatic hydroxyl groups is 1. The number of hydrogen-bond donors (Lipinski definition) is 1. The van der Waals surface area contributed by atoms with Gasteiger partial charge in [-0.1, -0.05) is 0 Å². The third kappa shape index (κ3) is 0.864. The molecule has 2 rings (SSSR count). The van der Waals surface area contributed by atoms with E-state index in [9.17, 15) is 13.5 Å². The third-order valence-corrected chi connectivity index (χ3v) is 4.25. The quantitative estimate of drug-likeness (QED) is 0.568. The summed E-state index contributed by atoms with van der Waals surface area (Å²) in [6.45, 7) is 0. The van der Waals surface area contributed by atoms with Crippen molar-refractivity contribution in [2.24, 2.45) is 5.92 Å². The first-order valence-electron chi connectivity index (χ1n) is 3.45. The van der Waals surface area contributed by atoms with Crippen molar-refractivity contribution < 1.29 is 13.5 Å². The molecule has 58 valence electrons. The monoisotopic (exact) mass is 162 g/mol. The first-order valence-corrected chi connectivity index (χ1v) is 5.27. The van der Waals surface area contributed by atoms with E-state index in [4.69, 9.17) is 0 Å². The first-order chi connectivity index (χ1) is 4.52. The average Bonchev–Trinajstić information content (AvgIpc) is 2.43. The SMILES string of the molecule is O=S1(=O)CC(C2(O)CC2)C1. The largest absolute Gasteiger partial charge is 0.390 e. The van der Waals surface area contributed by atoms with Gasteiger partial charge in [-0.15, -0.1) is 0 Å². The topological polar surface area (TPSA) is 54.4 Å². The van der Waals surface area contributed by atoms with Crippen molar-refractivity contribution in [1.29, 1.82) is 0 Å². The first kappa shape index (κ1) is 6.61. The molecule has 0 radical (unpaired) electrons. The van der Waals surface area contributed by atoms with Crippen LogP contribution in [0.25, 0.3) is 0 Å². The van der Waals surface area contributed by atoms with Crippen LogP contribution in [0.1, 0.15) is 12.8 Å². The Morgan fingerprint density at radius 3 is 2.10 bits per heavy atom. The molecule has 3 nitrogen and oxygen atoms in total. The van der Waals surface area contributed by atoms with Gasteiger partial charge in [0.05, 0.1) is 17.1 Å². The Kier molecular flexibility index (Phi) is 1.03. The van der Waals surface area contributed by atoms with Crippen molar-refractivity contribution >= 4 is 9.84 Å². The summed E-state index contributed by atoms with van der Waals surface area (Å²) in [6.07, 6.45) is 1.60. The number of rotatable bonds is 1. The van der Waals surface area contributed by atoms with Crippen LogP contribution in [0.4, 0.5) is 0 Å². The van der Waals surface area contributed by atoms with Gasteiger partial charge < -0.3 is 5.11 Å². The van der Waals surface area contributed by atoms with Crippen molar-refractivity contribution in [2.45, 2.75) is 18.4 Å². The van der Waals surface area contributed by atoms with Crippen molar-refractivity contribution in [3.8, 4) is 0 Å². The second kappa shape index (κ2) is 1.56. The third-order valence-electron chi connectivity index (χ3n) is 2.43. The molecule has 1 aliphatic heterocycles. The molecule has 0 aromatic heterocycles. The van der Waals surface area contributed by atoms with Gasteiger partial charge in [-0.05, 0) is 12.8 Å². The molecular formula is C6H10O3S. The highest BCUT2D eigenvalue weighted by Crippen LogP contribution is 2.46. The lowest BCUT2D eigenvalue weighted by Crippen LogP contribution is -2.45. The van der Waals surface area contributed by atoms with Gasteiger partial charge in [-0.2, -0.15) is 0 Å². The van der Waals surface area contributed by atoms with Crippen LogP contribution in [0.15, 0.2) is 0 Å².